The molecule has 1 fully saturated rings. The van der Waals surface area contributed by atoms with Crippen LogP contribution in [-0.4, -0.2) is 24.7 Å². The molecule has 1 aliphatic rings. The number of benzene rings is 1. The molecule has 0 aliphatic carbocycles. The standard InChI is InChI=1S/C14H21N3O.ClH/c1-11-5-3-4-6-12(11)16-13(18)17-14(2)7-9-15-10-8-14;/h3-6,15H,7-10H2,1-2H3,(H2,16,17,18);1H. The number of amides is 2. The highest BCUT2D eigenvalue weighted by Gasteiger charge is 2.28. The molecular weight excluding hydrogens is 262 g/mol. The van der Waals surface area contributed by atoms with Gasteiger partial charge in [-0.25, -0.2) is 4.79 Å². The molecule has 0 atom stereocenters. The van der Waals surface area contributed by atoms with Gasteiger partial charge in [0.25, 0.3) is 0 Å². The number of urea groups is 1. The maximum atomic E-state index is 12.0. The normalized spacial score (nSPS) is 17.2. The third-order valence-corrected chi connectivity index (χ3v) is 3.52. The SMILES string of the molecule is Cc1ccccc1NC(=O)NC1(C)CCNCC1.Cl. The lowest BCUT2D eigenvalue weighted by molar-refractivity contribution is 0.225. The predicted octanol–water partition coefficient (Wildman–Crippen LogP) is 2.68. The monoisotopic (exact) mass is 283 g/mol. The Balaban J connectivity index is 0.00000180. The molecule has 0 unspecified atom stereocenters. The van der Waals surface area contributed by atoms with E-state index in [1.807, 2.05) is 31.2 Å². The van der Waals surface area contributed by atoms with Gasteiger partial charge in [-0.05, 0) is 51.4 Å². The molecule has 0 saturated carbocycles. The van der Waals surface area contributed by atoms with Gasteiger partial charge in [0.15, 0.2) is 0 Å². The number of anilines is 1. The summed E-state index contributed by atoms with van der Waals surface area (Å²) in [5, 5.41) is 9.29. The molecule has 0 spiro atoms. The zero-order chi connectivity index (χ0) is 13.0. The molecule has 1 saturated heterocycles. The van der Waals surface area contributed by atoms with Crippen molar-refractivity contribution in [1.82, 2.24) is 10.6 Å². The van der Waals surface area contributed by atoms with Crippen LogP contribution < -0.4 is 16.0 Å². The number of para-hydroxylation sites is 1. The summed E-state index contributed by atoms with van der Waals surface area (Å²) >= 11 is 0. The second-order valence-electron chi connectivity index (χ2n) is 5.20. The Morgan fingerprint density at radius 1 is 1.26 bits per heavy atom. The largest absolute Gasteiger partial charge is 0.333 e. The smallest absolute Gasteiger partial charge is 0.319 e. The molecular formula is C14H22ClN3O. The molecule has 3 N–H and O–H groups in total. The number of piperidine rings is 1. The number of hydrogen-bond donors (Lipinski definition) is 3. The molecule has 0 radical (unpaired) electrons. The minimum atomic E-state index is -0.117. The molecule has 1 aromatic carbocycles. The quantitative estimate of drug-likeness (QED) is 0.782. The van der Waals surface area contributed by atoms with Gasteiger partial charge in [0.1, 0.15) is 0 Å². The first kappa shape index (κ1) is 15.8. The number of hydrogen-bond acceptors (Lipinski definition) is 2. The van der Waals surface area contributed by atoms with E-state index in [2.05, 4.69) is 22.9 Å². The predicted molar refractivity (Wildman–Crippen MR) is 81.1 cm³/mol. The van der Waals surface area contributed by atoms with Gasteiger partial charge in [-0.1, -0.05) is 18.2 Å². The Hall–Kier alpha value is -1.26. The first-order chi connectivity index (χ1) is 8.59. The summed E-state index contributed by atoms with van der Waals surface area (Å²) in [6, 6.07) is 7.68. The van der Waals surface area contributed by atoms with E-state index in [1.54, 1.807) is 0 Å². The molecule has 1 aromatic rings. The number of carbonyl (C=O) groups excluding carboxylic acids is 1. The van der Waals surface area contributed by atoms with Crippen molar-refractivity contribution >= 4 is 24.1 Å². The van der Waals surface area contributed by atoms with Gasteiger partial charge in [0.2, 0.25) is 0 Å². The maximum Gasteiger partial charge on any atom is 0.319 e. The molecule has 1 heterocycles. The van der Waals surface area contributed by atoms with Crippen molar-refractivity contribution < 1.29 is 4.79 Å². The summed E-state index contributed by atoms with van der Waals surface area (Å²) in [6.45, 7) is 6.01. The lowest BCUT2D eigenvalue weighted by Crippen LogP contribution is -2.53. The van der Waals surface area contributed by atoms with Gasteiger partial charge in [-0.2, -0.15) is 0 Å². The highest BCUT2D eigenvalue weighted by Crippen LogP contribution is 2.18. The first-order valence-electron chi connectivity index (χ1n) is 6.45. The van der Waals surface area contributed by atoms with Gasteiger partial charge in [0, 0.05) is 11.2 Å². The highest BCUT2D eigenvalue weighted by atomic mass is 35.5. The number of carbonyl (C=O) groups is 1. The summed E-state index contributed by atoms with van der Waals surface area (Å²) < 4.78 is 0. The van der Waals surface area contributed by atoms with Crippen LogP contribution in [0.4, 0.5) is 10.5 Å². The Kier molecular flexibility index (Phi) is 5.63. The van der Waals surface area contributed by atoms with E-state index in [-0.39, 0.29) is 24.0 Å². The van der Waals surface area contributed by atoms with Crippen molar-refractivity contribution in [2.45, 2.75) is 32.2 Å². The Morgan fingerprint density at radius 2 is 1.89 bits per heavy atom. The van der Waals surface area contributed by atoms with Crippen LogP contribution in [0.15, 0.2) is 24.3 Å². The minimum absolute atomic E-state index is 0. The number of nitrogens with one attached hydrogen (secondary N) is 3. The van der Waals surface area contributed by atoms with Crippen molar-refractivity contribution in [2.75, 3.05) is 18.4 Å². The zero-order valence-electron chi connectivity index (χ0n) is 11.5. The Labute approximate surface area is 120 Å². The van der Waals surface area contributed by atoms with E-state index in [1.165, 1.54) is 0 Å². The second-order valence-corrected chi connectivity index (χ2v) is 5.20. The molecule has 5 heteroatoms. The van der Waals surface area contributed by atoms with E-state index in [9.17, 15) is 4.79 Å². The van der Waals surface area contributed by atoms with Gasteiger partial charge in [-0.3, -0.25) is 0 Å². The maximum absolute atomic E-state index is 12.0. The lowest BCUT2D eigenvalue weighted by atomic mass is 9.91. The van der Waals surface area contributed by atoms with E-state index < -0.39 is 0 Å². The van der Waals surface area contributed by atoms with Gasteiger partial charge < -0.3 is 16.0 Å². The highest BCUT2D eigenvalue weighted by molar-refractivity contribution is 5.90. The second kappa shape index (κ2) is 6.78. The summed E-state index contributed by atoms with van der Waals surface area (Å²) in [7, 11) is 0. The fraction of sp³-hybridized carbons (Fsp3) is 0.500. The van der Waals surface area contributed by atoms with Crippen molar-refractivity contribution in [3.63, 3.8) is 0 Å². The fourth-order valence-electron chi connectivity index (χ4n) is 2.24. The summed E-state index contributed by atoms with van der Waals surface area (Å²) in [6.07, 6.45) is 1.93. The number of halogens is 1. The lowest BCUT2D eigenvalue weighted by Gasteiger charge is -2.34. The van der Waals surface area contributed by atoms with Crippen LogP contribution in [-0.2, 0) is 0 Å². The molecule has 0 aromatic heterocycles. The van der Waals surface area contributed by atoms with Crippen LogP contribution in [0.1, 0.15) is 25.3 Å². The Bertz CT molecular complexity index is 430. The molecule has 0 bridgehead atoms. The van der Waals surface area contributed by atoms with Crippen LogP contribution in [0.5, 0.6) is 0 Å². The fourth-order valence-corrected chi connectivity index (χ4v) is 2.24. The van der Waals surface area contributed by atoms with Crippen LogP contribution in [0.3, 0.4) is 0 Å². The average Bonchev–Trinajstić information content (AvgIpc) is 2.32. The topological polar surface area (TPSA) is 53.2 Å². The van der Waals surface area contributed by atoms with Crippen molar-refractivity contribution in [2.24, 2.45) is 0 Å². The van der Waals surface area contributed by atoms with Crippen LogP contribution in [0, 0.1) is 6.92 Å². The van der Waals surface area contributed by atoms with Crippen molar-refractivity contribution in [3.05, 3.63) is 29.8 Å². The molecule has 106 valence electrons. The third-order valence-electron chi connectivity index (χ3n) is 3.52. The molecule has 2 amide bonds. The minimum Gasteiger partial charge on any atom is -0.333 e. The van der Waals surface area contributed by atoms with Gasteiger partial charge >= 0.3 is 6.03 Å². The van der Waals surface area contributed by atoms with E-state index in [4.69, 9.17) is 0 Å². The van der Waals surface area contributed by atoms with Crippen molar-refractivity contribution in [1.29, 1.82) is 0 Å². The molecule has 4 nitrogen and oxygen atoms in total. The van der Waals surface area contributed by atoms with Crippen LogP contribution >= 0.6 is 12.4 Å². The van der Waals surface area contributed by atoms with Gasteiger partial charge in [0.05, 0.1) is 0 Å². The van der Waals surface area contributed by atoms with E-state index in [0.29, 0.717) is 0 Å². The third kappa shape index (κ3) is 4.40. The molecule has 1 aliphatic heterocycles. The molecule has 19 heavy (non-hydrogen) atoms. The summed E-state index contributed by atoms with van der Waals surface area (Å²) in [5.74, 6) is 0. The van der Waals surface area contributed by atoms with Gasteiger partial charge in [-0.15, -0.1) is 12.4 Å². The molecule has 2 rings (SSSR count). The summed E-state index contributed by atoms with van der Waals surface area (Å²) in [4.78, 5) is 12.0. The van der Waals surface area contributed by atoms with Crippen LogP contribution in [0.25, 0.3) is 0 Å². The van der Waals surface area contributed by atoms with E-state index >= 15 is 0 Å². The van der Waals surface area contributed by atoms with Crippen molar-refractivity contribution in [3.8, 4) is 0 Å². The first-order valence-corrected chi connectivity index (χ1v) is 6.45. The number of aryl methyl sites for hydroxylation is 1. The Morgan fingerprint density at radius 3 is 2.53 bits per heavy atom. The van der Waals surface area contributed by atoms with E-state index in [0.717, 1.165) is 37.2 Å². The average molecular weight is 284 g/mol. The number of rotatable bonds is 2. The van der Waals surface area contributed by atoms with Crippen LogP contribution in [0.2, 0.25) is 0 Å². The summed E-state index contributed by atoms with van der Waals surface area (Å²) in [5.41, 5.74) is 1.84. The zero-order valence-corrected chi connectivity index (χ0v) is 12.3.